The molecule has 1 amide bonds. The minimum atomic E-state index is -0.331. The summed E-state index contributed by atoms with van der Waals surface area (Å²) in [6.07, 6.45) is 1.40. The molecule has 1 N–H and O–H groups in total. The third kappa shape index (κ3) is 3.74. The number of fused-ring (bicyclic) bond motifs is 1. The van der Waals surface area contributed by atoms with Gasteiger partial charge >= 0.3 is 0 Å². The summed E-state index contributed by atoms with van der Waals surface area (Å²) in [5.74, 6) is 0.818. The van der Waals surface area contributed by atoms with Crippen LogP contribution in [-0.4, -0.2) is 28.2 Å². The molecule has 27 heavy (non-hydrogen) atoms. The largest absolute Gasteiger partial charge is 0.368 e. The van der Waals surface area contributed by atoms with Gasteiger partial charge in [-0.05, 0) is 44.4 Å². The lowest BCUT2D eigenvalue weighted by Gasteiger charge is -2.18. The molecule has 5 heteroatoms. The van der Waals surface area contributed by atoms with E-state index >= 15 is 0 Å². The van der Waals surface area contributed by atoms with Crippen LogP contribution in [0.25, 0.3) is 11.0 Å². The first-order valence-electron chi connectivity index (χ1n) is 9.54. The predicted molar refractivity (Wildman–Crippen MR) is 106 cm³/mol. The molecule has 2 heterocycles. The van der Waals surface area contributed by atoms with Gasteiger partial charge in [0.1, 0.15) is 11.9 Å². The van der Waals surface area contributed by atoms with Crippen LogP contribution in [-0.2, 0) is 16.1 Å². The molecule has 140 valence electrons. The van der Waals surface area contributed by atoms with Crippen molar-refractivity contribution < 1.29 is 9.53 Å². The average Bonchev–Trinajstić information content (AvgIpc) is 3.30. The summed E-state index contributed by atoms with van der Waals surface area (Å²) in [7, 11) is 0. The molecule has 0 radical (unpaired) electrons. The van der Waals surface area contributed by atoms with Crippen molar-refractivity contribution in [3.63, 3.8) is 0 Å². The van der Waals surface area contributed by atoms with Gasteiger partial charge in [0.2, 0.25) is 5.91 Å². The van der Waals surface area contributed by atoms with Crippen LogP contribution in [0.5, 0.6) is 0 Å². The average molecular weight is 363 g/mol. The van der Waals surface area contributed by atoms with Gasteiger partial charge in [0.15, 0.2) is 0 Å². The molecule has 5 nitrogen and oxygen atoms in total. The molecule has 0 spiro atoms. The van der Waals surface area contributed by atoms with E-state index in [1.165, 1.54) is 11.1 Å². The lowest BCUT2D eigenvalue weighted by molar-refractivity contribution is -0.130. The number of carbonyl (C=O) groups is 1. The molecule has 2 atom stereocenters. The molecular weight excluding hydrogens is 338 g/mol. The van der Waals surface area contributed by atoms with Crippen molar-refractivity contribution >= 4 is 16.9 Å². The Bertz CT molecular complexity index is 957. The summed E-state index contributed by atoms with van der Waals surface area (Å²) in [6.45, 7) is 5.47. The fourth-order valence-electron chi connectivity index (χ4n) is 3.74. The molecule has 2 aromatic carbocycles. The number of benzene rings is 2. The van der Waals surface area contributed by atoms with Crippen LogP contribution in [0.1, 0.15) is 42.8 Å². The summed E-state index contributed by atoms with van der Waals surface area (Å²) in [5, 5.41) is 3.09. The van der Waals surface area contributed by atoms with Crippen molar-refractivity contribution in [1.29, 1.82) is 0 Å². The van der Waals surface area contributed by atoms with E-state index in [0.29, 0.717) is 6.61 Å². The monoisotopic (exact) mass is 363 g/mol. The lowest BCUT2D eigenvalue weighted by atomic mass is 10.1. The van der Waals surface area contributed by atoms with Crippen LogP contribution in [0.4, 0.5) is 0 Å². The fourth-order valence-corrected chi connectivity index (χ4v) is 3.74. The normalized spacial score (nSPS) is 17.9. The van der Waals surface area contributed by atoms with Gasteiger partial charge in [-0.1, -0.05) is 42.0 Å². The highest BCUT2D eigenvalue weighted by atomic mass is 16.5. The highest BCUT2D eigenvalue weighted by Gasteiger charge is 2.26. The highest BCUT2D eigenvalue weighted by molar-refractivity contribution is 5.81. The van der Waals surface area contributed by atoms with Gasteiger partial charge in [-0.15, -0.1) is 0 Å². The molecule has 1 fully saturated rings. The van der Waals surface area contributed by atoms with Gasteiger partial charge in [-0.3, -0.25) is 4.79 Å². The van der Waals surface area contributed by atoms with Gasteiger partial charge in [-0.2, -0.15) is 0 Å². The summed E-state index contributed by atoms with van der Waals surface area (Å²) in [4.78, 5) is 17.3. The van der Waals surface area contributed by atoms with E-state index < -0.39 is 0 Å². The topological polar surface area (TPSA) is 56.2 Å². The standard InChI is InChI=1S/C22H25N3O2/c1-15-7-5-8-17(13-15)14-25-19-10-4-3-9-18(19)24-21(25)16(2)23-22(26)20-11-6-12-27-20/h3-5,7-10,13,16,20H,6,11-12,14H2,1-2H3,(H,23,26). The summed E-state index contributed by atoms with van der Waals surface area (Å²) < 4.78 is 7.71. The number of nitrogens with one attached hydrogen (secondary N) is 1. The maximum absolute atomic E-state index is 12.5. The molecule has 3 aromatic rings. The Kier molecular flexibility index (Phi) is 4.94. The number of hydrogen-bond donors (Lipinski definition) is 1. The second-order valence-corrected chi connectivity index (χ2v) is 7.27. The van der Waals surface area contributed by atoms with Gasteiger partial charge in [0, 0.05) is 13.2 Å². The number of aromatic nitrogens is 2. The maximum atomic E-state index is 12.5. The van der Waals surface area contributed by atoms with Gasteiger partial charge < -0.3 is 14.6 Å². The van der Waals surface area contributed by atoms with Crippen molar-refractivity contribution in [3.8, 4) is 0 Å². The number of ether oxygens (including phenoxy) is 1. The smallest absolute Gasteiger partial charge is 0.249 e. The van der Waals surface area contributed by atoms with Crippen LogP contribution in [0.3, 0.4) is 0 Å². The Balaban J connectivity index is 1.65. The molecule has 1 saturated heterocycles. The van der Waals surface area contributed by atoms with Crippen molar-refractivity contribution in [1.82, 2.24) is 14.9 Å². The number of carbonyl (C=O) groups excluding carboxylic acids is 1. The van der Waals surface area contributed by atoms with Crippen molar-refractivity contribution in [2.75, 3.05) is 6.61 Å². The van der Waals surface area contributed by atoms with Crippen molar-refractivity contribution in [2.24, 2.45) is 0 Å². The van der Waals surface area contributed by atoms with E-state index in [0.717, 1.165) is 36.2 Å². The third-order valence-electron chi connectivity index (χ3n) is 5.08. The maximum Gasteiger partial charge on any atom is 0.249 e. The number of hydrogen-bond acceptors (Lipinski definition) is 3. The molecule has 0 aliphatic carbocycles. The first-order valence-corrected chi connectivity index (χ1v) is 9.54. The van der Waals surface area contributed by atoms with Crippen molar-refractivity contribution in [3.05, 3.63) is 65.5 Å². The number of imidazole rings is 1. The SMILES string of the molecule is Cc1cccc(Cn2c(C(C)NC(=O)C3CCCO3)nc3ccccc32)c1. The summed E-state index contributed by atoms with van der Waals surface area (Å²) >= 11 is 0. The Morgan fingerprint density at radius 1 is 1.30 bits per heavy atom. The van der Waals surface area contributed by atoms with E-state index in [4.69, 9.17) is 9.72 Å². The van der Waals surface area contributed by atoms with Crippen LogP contribution in [0, 0.1) is 6.92 Å². The van der Waals surface area contributed by atoms with Crippen LogP contribution in [0.2, 0.25) is 0 Å². The zero-order valence-corrected chi connectivity index (χ0v) is 15.8. The summed E-state index contributed by atoms with van der Waals surface area (Å²) in [6, 6.07) is 16.4. The minimum absolute atomic E-state index is 0.0471. The second-order valence-electron chi connectivity index (χ2n) is 7.27. The number of para-hydroxylation sites is 2. The first-order chi connectivity index (χ1) is 13.1. The van der Waals surface area contributed by atoms with Crippen LogP contribution >= 0.6 is 0 Å². The Morgan fingerprint density at radius 3 is 2.93 bits per heavy atom. The Morgan fingerprint density at radius 2 is 2.15 bits per heavy atom. The predicted octanol–water partition coefficient (Wildman–Crippen LogP) is 3.75. The van der Waals surface area contributed by atoms with Gasteiger partial charge in [0.05, 0.1) is 17.1 Å². The molecule has 4 rings (SSSR count). The minimum Gasteiger partial charge on any atom is -0.368 e. The second kappa shape index (κ2) is 7.53. The molecule has 1 aromatic heterocycles. The highest BCUT2D eigenvalue weighted by Crippen LogP contribution is 2.23. The van der Waals surface area contributed by atoms with E-state index in [1.54, 1.807) is 0 Å². The zero-order chi connectivity index (χ0) is 18.8. The van der Waals surface area contributed by atoms with E-state index in [1.807, 2.05) is 25.1 Å². The van der Waals surface area contributed by atoms with E-state index in [2.05, 4.69) is 47.1 Å². The molecule has 1 aliphatic rings. The molecular formula is C22H25N3O2. The fraction of sp³-hybridized carbons (Fsp3) is 0.364. The summed E-state index contributed by atoms with van der Waals surface area (Å²) in [5.41, 5.74) is 4.47. The Hall–Kier alpha value is -2.66. The number of rotatable bonds is 5. The van der Waals surface area contributed by atoms with E-state index in [-0.39, 0.29) is 18.1 Å². The number of amides is 1. The van der Waals surface area contributed by atoms with E-state index in [9.17, 15) is 4.79 Å². The molecule has 0 bridgehead atoms. The van der Waals surface area contributed by atoms with Crippen LogP contribution in [0.15, 0.2) is 48.5 Å². The Labute approximate surface area is 159 Å². The van der Waals surface area contributed by atoms with Gasteiger partial charge in [0.25, 0.3) is 0 Å². The van der Waals surface area contributed by atoms with Crippen molar-refractivity contribution in [2.45, 2.75) is 45.4 Å². The lowest BCUT2D eigenvalue weighted by Crippen LogP contribution is -2.36. The quantitative estimate of drug-likeness (QED) is 0.751. The molecule has 0 saturated carbocycles. The third-order valence-corrected chi connectivity index (χ3v) is 5.08. The zero-order valence-electron chi connectivity index (χ0n) is 15.8. The number of nitrogens with zero attached hydrogens (tertiary/aromatic N) is 2. The van der Waals surface area contributed by atoms with Crippen LogP contribution < -0.4 is 5.32 Å². The molecule has 1 aliphatic heterocycles. The molecule has 2 unspecified atom stereocenters. The van der Waals surface area contributed by atoms with Gasteiger partial charge in [-0.25, -0.2) is 4.98 Å². The number of aryl methyl sites for hydroxylation is 1. The first kappa shape index (κ1) is 17.7.